The number of hydrogen-bond acceptors (Lipinski definition) is 3. The predicted octanol–water partition coefficient (Wildman–Crippen LogP) is 9.46. The van der Waals surface area contributed by atoms with Gasteiger partial charge < -0.3 is 0 Å². The smallest absolute Gasteiger partial charge is 0.0702 e. The van der Waals surface area contributed by atoms with Crippen molar-refractivity contribution >= 4 is 0 Å². The Hall–Kier alpha value is -4.89. The minimum atomic E-state index is 1.01. The Morgan fingerprint density at radius 1 is 0.300 bits per heavy atom. The van der Waals surface area contributed by atoms with Crippen LogP contribution >= 0.6 is 0 Å². The third kappa shape index (κ3) is 6.75. The maximum atomic E-state index is 4.58. The van der Waals surface area contributed by atoms with E-state index in [-0.39, 0.29) is 0 Å². The van der Waals surface area contributed by atoms with Crippen molar-refractivity contribution in [2.24, 2.45) is 0 Å². The molecule has 40 heavy (non-hydrogen) atoms. The van der Waals surface area contributed by atoms with Crippen LogP contribution in [0.1, 0.15) is 22.5 Å². The van der Waals surface area contributed by atoms with Gasteiger partial charge in [-0.25, -0.2) is 0 Å². The summed E-state index contributed by atoms with van der Waals surface area (Å²) in [5, 5.41) is 0. The first-order valence-corrected chi connectivity index (χ1v) is 13.5. The highest BCUT2D eigenvalue weighted by Gasteiger charge is 2.03. The van der Waals surface area contributed by atoms with E-state index in [9.17, 15) is 0 Å². The van der Waals surface area contributed by atoms with Crippen molar-refractivity contribution in [3.05, 3.63) is 150 Å². The van der Waals surface area contributed by atoms with E-state index in [1.54, 1.807) is 0 Å². The van der Waals surface area contributed by atoms with E-state index < -0.39 is 0 Å². The fraction of sp³-hybridized carbons (Fsp3) is 0.108. The number of pyridine rings is 3. The van der Waals surface area contributed by atoms with Crippen molar-refractivity contribution in [2.75, 3.05) is 0 Å². The summed E-state index contributed by atoms with van der Waals surface area (Å²) in [7, 11) is 0. The van der Waals surface area contributed by atoms with Crippen molar-refractivity contribution in [1.82, 2.24) is 15.0 Å². The molecule has 0 atom stereocenters. The van der Waals surface area contributed by atoms with Gasteiger partial charge in [0, 0.05) is 52.2 Å². The summed E-state index contributed by atoms with van der Waals surface area (Å²) in [4.78, 5) is 13.2. The molecule has 0 amide bonds. The number of aromatic nitrogens is 3. The van der Waals surface area contributed by atoms with Gasteiger partial charge >= 0.3 is 0 Å². The van der Waals surface area contributed by atoms with Crippen LogP contribution in [-0.2, 0) is 0 Å². The van der Waals surface area contributed by atoms with Crippen molar-refractivity contribution < 1.29 is 0 Å². The maximum Gasteiger partial charge on any atom is 0.0702 e. The first-order valence-electron chi connectivity index (χ1n) is 13.5. The molecule has 0 aliphatic rings. The van der Waals surface area contributed by atoms with Crippen LogP contribution in [0.4, 0.5) is 0 Å². The lowest BCUT2D eigenvalue weighted by Gasteiger charge is -2.05. The molecule has 0 saturated heterocycles. The van der Waals surface area contributed by atoms with Crippen LogP contribution in [0.5, 0.6) is 0 Å². The predicted molar refractivity (Wildman–Crippen MR) is 167 cm³/mol. The molecular weight excluding hydrogens is 486 g/mol. The second-order valence-corrected chi connectivity index (χ2v) is 10.1. The fourth-order valence-electron chi connectivity index (χ4n) is 4.34. The maximum absolute atomic E-state index is 4.58. The summed E-state index contributed by atoms with van der Waals surface area (Å²) in [5.74, 6) is 0. The molecule has 0 spiro atoms. The molecule has 0 aliphatic heterocycles. The lowest BCUT2D eigenvalue weighted by Crippen LogP contribution is -1.85. The molecule has 6 aromatic rings. The topological polar surface area (TPSA) is 38.7 Å². The van der Waals surface area contributed by atoms with Gasteiger partial charge in [0.2, 0.25) is 0 Å². The molecule has 196 valence electrons. The van der Waals surface area contributed by atoms with Gasteiger partial charge in [0.05, 0.1) is 5.69 Å². The van der Waals surface area contributed by atoms with Gasteiger partial charge in [-0.05, 0) is 62.6 Å². The Labute approximate surface area is 237 Å². The standard InChI is InChI=1S/C19H17N.C18H16N2/c1-14-3-7-16(8-4-14)18-11-12-19(20-13-18)17-9-5-15(2)6-10-17;1-13-3-5-17(11-19-13)15-7-9-16(10-8-15)18-6-4-14(2)20-12-18/h3-13H,1-2H3;3-12H,1-2H3. The first-order chi connectivity index (χ1) is 19.4. The van der Waals surface area contributed by atoms with Gasteiger partial charge in [0.15, 0.2) is 0 Å². The zero-order chi connectivity index (χ0) is 27.9. The lowest BCUT2D eigenvalue weighted by atomic mass is 10.0. The Morgan fingerprint density at radius 2 is 0.625 bits per heavy atom. The summed E-state index contributed by atoms with van der Waals surface area (Å²) in [6, 6.07) is 38.0. The third-order valence-electron chi connectivity index (χ3n) is 6.87. The zero-order valence-corrected chi connectivity index (χ0v) is 23.5. The largest absolute Gasteiger partial charge is 0.261 e. The second kappa shape index (κ2) is 12.3. The molecule has 0 saturated carbocycles. The van der Waals surface area contributed by atoms with E-state index in [4.69, 9.17) is 0 Å². The molecule has 0 unspecified atom stereocenters. The molecule has 0 bridgehead atoms. The quantitative estimate of drug-likeness (QED) is 0.233. The van der Waals surface area contributed by atoms with Crippen molar-refractivity contribution in [2.45, 2.75) is 27.7 Å². The van der Waals surface area contributed by atoms with Crippen LogP contribution in [0, 0.1) is 27.7 Å². The van der Waals surface area contributed by atoms with Crippen LogP contribution in [0.2, 0.25) is 0 Å². The highest BCUT2D eigenvalue weighted by molar-refractivity contribution is 5.70. The van der Waals surface area contributed by atoms with E-state index in [0.717, 1.165) is 39.3 Å². The van der Waals surface area contributed by atoms with Gasteiger partial charge in [-0.2, -0.15) is 0 Å². The highest BCUT2D eigenvalue weighted by atomic mass is 14.7. The van der Waals surface area contributed by atoms with Crippen LogP contribution in [0.15, 0.2) is 128 Å². The third-order valence-corrected chi connectivity index (χ3v) is 6.87. The van der Waals surface area contributed by atoms with E-state index in [1.165, 1.54) is 27.8 Å². The summed E-state index contributed by atoms with van der Waals surface area (Å²) in [6.45, 7) is 8.19. The molecule has 0 N–H and O–H groups in total. The average molecular weight is 520 g/mol. The molecular formula is C37H33N3. The minimum Gasteiger partial charge on any atom is -0.261 e. The Balaban J connectivity index is 0.000000161. The first kappa shape index (κ1) is 26.7. The summed E-state index contributed by atoms with van der Waals surface area (Å²) in [5.41, 5.74) is 13.8. The molecule has 0 radical (unpaired) electrons. The van der Waals surface area contributed by atoms with E-state index >= 15 is 0 Å². The molecule has 0 aliphatic carbocycles. The highest BCUT2D eigenvalue weighted by Crippen LogP contribution is 2.25. The van der Waals surface area contributed by atoms with Crippen LogP contribution < -0.4 is 0 Å². The van der Waals surface area contributed by atoms with Gasteiger partial charge in [-0.15, -0.1) is 0 Å². The molecule has 3 aromatic carbocycles. The van der Waals surface area contributed by atoms with Crippen LogP contribution in [0.25, 0.3) is 44.6 Å². The van der Waals surface area contributed by atoms with Gasteiger partial charge in [-0.1, -0.05) is 102 Å². The molecule has 3 aromatic heterocycles. The average Bonchev–Trinajstić information content (AvgIpc) is 2.99. The van der Waals surface area contributed by atoms with E-state index in [0.29, 0.717) is 0 Å². The molecule has 3 heteroatoms. The Morgan fingerprint density at radius 3 is 0.975 bits per heavy atom. The van der Waals surface area contributed by atoms with E-state index in [2.05, 4.69) is 126 Å². The number of benzene rings is 3. The summed E-state index contributed by atoms with van der Waals surface area (Å²) >= 11 is 0. The minimum absolute atomic E-state index is 1.01. The SMILES string of the molecule is Cc1ccc(-c2ccc(-c3ccc(C)cc3)nc2)cc1.Cc1ccc(-c2ccc(-c3ccc(C)nc3)cc2)cn1. The molecule has 3 heterocycles. The monoisotopic (exact) mass is 519 g/mol. The summed E-state index contributed by atoms with van der Waals surface area (Å²) < 4.78 is 0. The second-order valence-electron chi connectivity index (χ2n) is 10.1. The zero-order valence-electron chi connectivity index (χ0n) is 23.5. The van der Waals surface area contributed by atoms with Crippen LogP contribution in [-0.4, -0.2) is 15.0 Å². The van der Waals surface area contributed by atoms with Gasteiger partial charge in [0.25, 0.3) is 0 Å². The number of aryl methyl sites for hydroxylation is 4. The van der Waals surface area contributed by atoms with Gasteiger partial charge in [0.1, 0.15) is 0 Å². The number of rotatable bonds is 4. The van der Waals surface area contributed by atoms with Gasteiger partial charge in [-0.3, -0.25) is 15.0 Å². The number of nitrogens with zero attached hydrogens (tertiary/aromatic N) is 3. The van der Waals surface area contributed by atoms with Crippen molar-refractivity contribution in [3.8, 4) is 44.6 Å². The lowest BCUT2D eigenvalue weighted by molar-refractivity contribution is 1.20. The van der Waals surface area contributed by atoms with Crippen LogP contribution in [0.3, 0.4) is 0 Å². The molecule has 3 nitrogen and oxygen atoms in total. The fourth-order valence-corrected chi connectivity index (χ4v) is 4.34. The Bertz CT molecular complexity index is 1390. The van der Waals surface area contributed by atoms with Crippen molar-refractivity contribution in [3.63, 3.8) is 0 Å². The normalized spacial score (nSPS) is 10.5. The van der Waals surface area contributed by atoms with E-state index in [1.807, 2.05) is 44.6 Å². The Kier molecular flexibility index (Phi) is 8.22. The van der Waals surface area contributed by atoms with Crippen molar-refractivity contribution in [1.29, 1.82) is 0 Å². The molecule has 0 fully saturated rings. The summed E-state index contributed by atoms with van der Waals surface area (Å²) in [6.07, 6.45) is 5.77. The molecule has 6 rings (SSSR count). The number of hydrogen-bond donors (Lipinski definition) is 0.